The van der Waals surface area contributed by atoms with Crippen molar-refractivity contribution in [1.82, 2.24) is 0 Å². The molecule has 2 atom stereocenters. The molecule has 0 fully saturated rings. The van der Waals surface area contributed by atoms with E-state index in [0.717, 1.165) is 11.1 Å². The lowest BCUT2D eigenvalue weighted by Gasteiger charge is -2.20. The Bertz CT molecular complexity index is 851. The highest BCUT2D eigenvalue weighted by molar-refractivity contribution is 5.76. The average molecular weight is 469 g/mol. The summed E-state index contributed by atoms with van der Waals surface area (Å²) in [5.74, 6) is 0.530. The van der Waals surface area contributed by atoms with Crippen molar-refractivity contribution < 1.29 is 28.5 Å². The Balaban J connectivity index is 2.00. The van der Waals surface area contributed by atoms with Gasteiger partial charge in [-0.3, -0.25) is 0 Å². The zero-order chi connectivity index (χ0) is 25.1. The lowest BCUT2D eigenvalue weighted by molar-refractivity contribution is -0.154. The van der Waals surface area contributed by atoms with Crippen molar-refractivity contribution in [1.29, 1.82) is 0 Å². The van der Waals surface area contributed by atoms with Gasteiger partial charge in [0, 0.05) is 11.8 Å². The van der Waals surface area contributed by atoms with Crippen LogP contribution in [0.4, 0.5) is 0 Å². The molecule has 34 heavy (non-hydrogen) atoms. The molecular formula is C28H36O6. The molecule has 2 aromatic rings. The van der Waals surface area contributed by atoms with Crippen LogP contribution in [-0.2, 0) is 19.1 Å². The molecule has 184 valence electrons. The number of rotatable bonds is 12. The molecule has 0 aliphatic rings. The van der Waals surface area contributed by atoms with Gasteiger partial charge in [-0.1, -0.05) is 64.1 Å². The fraction of sp³-hybridized carbons (Fsp3) is 0.429. The zero-order valence-corrected chi connectivity index (χ0v) is 20.9. The SMILES string of the molecule is CCOC(=O)C(Oc1ccc(/C=C/c2ccc(OC(C(=O)OCC)C(C)C)cc2)cc1)C(C)C. The van der Waals surface area contributed by atoms with E-state index in [9.17, 15) is 9.59 Å². The maximum Gasteiger partial charge on any atom is 0.347 e. The second-order valence-corrected chi connectivity index (χ2v) is 8.54. The minimum absolute atomic E-state index is 0.00122. The van der Waals surface area contributed by atoms with E-state index in [2.05, 4.69) is 0 Å². The first-order valence-electron chi connectivity index (χ1n) is 11.8. The van der Waals surface area contributed by atoms with Gasteiger partial charge in [-0.25, -0.2) is 9.59 Å². The number of carbonyl (C=O) groups excluding carboxylic acids is 2. The second kappa shape index (κ2) is 13.4. The molecular weight excluding hydrogens is 432 g/mol. The first-order chi connectivity index (χ1) is 16.2. The van der Waals surface area contributed by atoms with Gasteiger partial charge in [0.25, 0.3) is 0 Å². The van der Waals surface area contributed by atoms with E-state index in [1.54, 1.807) is 13.8 Å². The minimum atomic E-state index is -0.638. The first kappa shape index (κ1) is 27.0. The van der Waals surface area contributed by atoms with Crippen molar-refractivity contribution in [2.24, 2.45) is 11.8 Å². The second-order valence-electron chi connectivity index (χ2n) is 8.54. The number of hydrogen-bond acceptors (Lipinski definition) is 6. The molecule has 0 spiro atoms. The summed E-state index contributed by atoms with van der Waals surface area (Å²) >= 11 is 0. The van der Waals surface area contributed by atoms with Crippen LogP contribution in [0.15, 0.2) is 48.5 Å². The van der Waals surface area contributed by atoms with Crippen LogP contribution in [0.2, 0.25) is 0 Å². The molecule has 2 aromatic carbocycles. The smallest absolute Gasteiger partial charge is 0.347 e. The van der Waals surface area contributed by atoms with E-state index < -0.39 is 12.2 Å². The van der Waals surface area contributed by atoms with Gasteiger partial charge in [0.1, 0.15) is 11.5 Å². The molecule has 0 aliphatic carbocycles. The first-order valence-corrected chi connectivity index (χ1v) is 11.8. The van der Waals surface area contributed by atoms with Gasteiger partial charge >= 0.3 is 11.9 Å². The highest BCUT2D eigenvalue weighted by Gasteiger charge is 2.26. The Morgan fingerprint density at radius 1 is 0.647 bits per heavy atom. The molecule has 0 saturated carbocycles. The van der Waals surface area contributed by atoms with Crippen LogP contribution >= 0.6 is 0 Å². The van der Waals surface area contributed by atoms with Crippen molar-refractivity contribution in [2.45, 2.75) is 53.8 Å². The molecule has 0 saturated heterocycles. The Morgan fingerprint density at radius 3 is 1.24 bits per heavy atom. The summed E-state index contributed by atoms with van der Waals surface area (Å²) < 4.78 is 21.9. The Hall–Kier alpha value is -3.28. The lowest BCUT2D eigenvalue weighted by atomic mass is 10.1. The van der Waals surface area contributed by atoms with E-state index in [0.29, 0.717) is 24.7 Å². The van der Waals surface area contributed by atoms with Crippen LogP contribution < -0.4 is 9.47 Å². The Labute approximate surface area is 202 Å². The molecule has 0 heterocycles. The summed E-state index contributed by atoms with van der Waals surface area (Å²) in [6.07, 6.45) is 2.70. The van der Waals surface area contributed by atoms with Crippen LogP contribution in [0.3, 0.4) is 0 Å². The van der Waals surface area contributed by atoms with E-state index in [1.807, 2.05) is 88.4 Å². The van der Waals surface area contributed by atoms with Crippen LogP contribution in [0.1, 0.15) is 52.7 Å². The third kappa shape index (κ3) is 8.25. The predicted octanol–water partition coefficient (Wildman–Crippen LogP) is 5.79. The van der Waals surface area contributed by atoms with Gasteiger partial charge in [-0.05, 0) is 49.2 Å². The van der Waals surface area contributed by atoms with Crippen molar-refractivity contribution in [3.05, 3.63) is 59.7 Å². The highest BCUT2D eigenvalue weighted by atomic mass is 16.6. The predicted molar refractivity (Wildman–Crippen MR) is 134 cm³/mol. The zero-order valence-electron chi connectivity index (χ0n) is 20.9. The van der Waals surface area contributed by atoms with Crippen molar-refractivity contribution in [3.63, 3.8) is 0 Å². The summed E-state index contributed by atoms with van der Waals surface area (Å²) in [5, 5.41) is 0. The van der Waals surface area contributed by atoms with E-state index in [4.69, 9.17) is 18.9 Å². The fourth-order valence-electron chi connectivity index (χ4n) is 3.16. The van der Waals surface area contributed by atoms with E-state index in [1.165, 1.54) is 0 Å². The Kier molecular flexibility index (Phi) is 10.7. The van der Waals surface area contributed by atoms with Gasteiger partial charge in [-0.2, -0.15) is 0 Å². The molecule has 6 heteroatoms. The standard InChI is InChI=1S/C28H36O6/c1-7-31-27(29)25(19(3)4)33-23-15-11-21(12-16-23)9-10-22-13-17-24(18-14-22)34-26(20(5)6)28(30)32-8-2/h9-20,25-26H,7-8H2,1-6H3/b10-9+. The molecule has 2 unspecified atom stereocenters. The van der Waals surface area contributed by atoms with E-state index >= 15 is 0 Å². The Morgan fingerprint density at radius 2 is 0.971 bits per heavy atom. The lowest BCUT2D eigenvalue weighted by Crippen LogP contribution is -2.34. The summed E-state index contributed by atoms with van der Waals surface area (Å²) in [4.78, 5) is 24.2. The average Bonchev–Trinajstić information content (AvgIpc) is 2.81. The van der Waals surface area contributed by atoms with Crippen molar-refractivity contribution >= 4 is 24.1 Å². The number of esters is 2. The summed E-state index contributed by atoms with van der Waals surface area (Å²) in [5.41, 5.74) is 1.99. The maximum absolute atomic E-state index is 12.1. The topological polar surface area (TPSA) is 71.1 Å². The molecule has 0 amide bonds. The molecule has 2 rings (SSSR count). The molecule has 0 bridgehead atoms. The summed E-state index contributed by atoms with van der Waals surface area (Å²) in [7, 11) is 0. The molecule has 0 aromatic heterocycles. The van der Waals surface area contributed by atoms with Gasteiger partial charge in [0.05, 0.1) is 13.2 Å². The van der Waals surface area contributed by atoms with Crippen molar-refractivity contribution in [2.75, 3.05) is 13.2 Å². The number of benzene rings is 2. The van der Waals surface area contributed by atoms with Crippen molar-refractivity contribution in [3.8, 4) is 11.5 Å². The third-order valence-corrected chi connectivity index (χ3v) is 5.00. The largest absolute Gasteiger partial charge is 0.478 e. The van der Waals surface area contributed by atoms with Gasteiger partial charge < -0.3 is 18.9 Å². The van der Waals surface area contributed by atoms with Gasteiger partial charge in [0.15, 0.2) is 12.2 Å². The molecule has 0 radical (unpaired) electrons. The van der Waals surface area contributed by atoms with E-state index in [-0.39, 0.29) is 23.8 Å². The highest BCUT2D eigenvalue weighted by Crippen LogP contribution is 2.21. The maximum atomic E-state index is 12.1. The van der Waals surface area contributed by atoms with Crippen LogP contribution in [0.25, 0.3) is 12.2 Å². The fourth-order valence-corrected chi connectivity index (χ4v) is 3.16. The van der Waals surface area contributed by atoms with Gasteiger partial charge in [-0.15, -0.1) is 0 Å². The monoisotopic (exact) mass is 468 g/mol. The molecule has 0 N–H and O–H groups in total. The summed E-state index contributed by atoms with van der Waals surface area (Å²) in [6.45, 7) is 11.9. The van der Waals surface area contributed by atoms with Crippen LogP contribution in [-0.4, -0.2) is 37.4 Å². The van der Waals surface area contributed by atoms with Gasteiger partial charge in [0.2, 0.25) is 0 Å². The molecule has 0 aliphatic heterocycles. The van der Waals surface area contributed by atoms with Crippen LogP contribution in [0.5, 0.6) is 11.5 Å². The minimum Gasteiger partial charge on any atom is -0.478 e. The number of carbonyl (C=O) groups is 2. The normalized spacial score (nSPS) is 13.1. The van der Waals surface area contributed by atoms with Crippen LogP contribution in [0, 0.1) is 11.8 Å². The summed E-state index contributed by atoms with van der Waals surface area (Å²) in [6, 6.07) is 15.1. The number of hydrogen-bond donors (Lipinski definition) is 0. The molecule has 6 nitrogen and oxygen atoms in total. The third-order valence-electron chi connectivity index (χ3n) is 5.00. The number of ether oxygens (including phenoxy) is 4. The quantitative estimate of drug-likeness (QED) is 0.290.